The normalized spacial score (nSPS) is 9.95. The van der Waals surface area contributed by atoms with Crippen LogP contribution in [0.4, 0.5) is 4.39 Å². The molecule has 2 aromatic carbocycles. The third-order valence-electron chi connectivity index (χ3n) is 2.76. The molecule has 22 heavy (non-hydrogen) atoms. The SMILES string of the molecule is N#Cc1ccc(C=NNC(=O)c2ccc(C#N)cc2F)cc1. The average Bonchev–Trinajstić information content (AvgIpc) is 2.55. The summed E-state index contributed by atoms with van der Waals surface area (Å²) >= 11 is 0. The number of hydrazone groups is 1. The van der Waals surface area contributed by atoms with E-state index >= 15 is 0 Å². The van der Waals surface area contributed by atoms with E-state index < -0.39 is 11.7 Å². The zero-order valence-corrected chi connectivity index (χ0v) is 11.2. The smallest absolute Gasteiger partial charge is 0.267 e. The highest BCUT2D eigenvalue weighted by atomic mass is 19.1. The molecule has 0 aromatic heterocycles. The van der Waals surface area contributed by atoms with Crippen LogP contribution in [0.15, 0.2) is 47.6 Å². The Labute approximate surface area is 125 Å². The highest BCUT2D eigenvalue weighted by Gasteiger charge is 2.11. The molecule has 0 aliphatic rings. The second-order valence-electron chi connectivity index (χ2n) is 4.24. The minimum absolute atomic E-state index is 0.134. The van der Waals surface area contributed by atoms with E-state index in [0.29, 0.717) is 11.1 Å². The molecule has 0 bridgehead atoms. The van der Waals surface area contributed by atoms with Crippen molar-refractivity contribution < 1.29 is 9.18 Å². The van der Waals surface area contributed by atoms with Gasteiger partial charge in [0.15, 0.2) is 0 Å². The van der Waals surface area contributed by atoms with Gasteiger partial charge >= 0.3 is 0 Å². The van der Waals surface area contributed by atoms with Gasteiger partial charge < -0.3 is 0 Å². The first-order chi connectivity index (χ1) is 10.6. The fourth-order valence-electron chi connectivity index (χ4n) is 1.64. The molecule has 0 spiro atoms. The zero-order chi connectivity index (χ0) is 15.9. The fourth-order valence-corrected chi connectivity index (χ4v) is 1.64. The summed E-state index contributed by atoms with van der Waals surface area (Å²) in [7, 11) is 0. The van der Waals surface area contributed by atoms with Gasteiger partial charge in [-0.25, -0.2) is 9.82 Å². The van der Waals surface area contributed by atoms with E-state index in [-0.39, 0.29) is 11.1 Å². The molecule has 5 nitrogen and oxygen atoms in total. The third-order valence-corrected chi connectivity index (χ3v) is 2.76. The summed E-state index contributed by atoms with van der Waals surface area (Å²) in [6, 6.07) is 13.9. The van der Waals surface area contributed by atoms with Gasteiger partial charge in [0.05, 0.1) is 35.0 Å². The number of rotatable bonds is 3. The summed E-state index contributed by atoms with van der Waals surface area (Å²) in [5.41, 5.74) is 3.33. The van der Waals surface area contributed by atoms with Gasteiger partial charge in [-0.05, 0) is 35.9 Å². The van der Waals surface area contributed by atoms with Crippen molar-refractivity contribution in [3.63, 3.8) is 0 Å². The van der Waals surface area contributed by atoms with E-state index in [2.05, 4.69) is 10.5 Å². The molecule has 0 radical (unpaired) electrons. The molecule has 2 rings (SSSR count). The Bertz CT molecular complexity index is 814. The zero-order valence-electron chi connectivity index (χ0n) is 11.2. The number of carbonyl (C=O) groups excluding carboxylic acids is 1. The molecule has 0 saturated carbocycles. The van der Waals surface area contributed by atoms with Crippen molar-refractivity contribution in [1.82, 2.24) is 5.43 Å². The molecule has 0 fully saturated rings. The molecule has 0 heterocycles. The van der Waals surface area contributed by atoms with Crippen molar-refractivity contribution in [2.24, 2.45) is 5.10 Å². The maximum atomic E-state index is 13.6. The number of nitriles is 2. The number of halogens is 1. The van der Waals surface area contributed by atoms with Crippen molar-refractivity contribution in [3.05, 3.63) is 70.5 Å². The molecule has 106 valence electrons. The van der Waals surface area contributed by atoms with Crippen LogP contribution in [0.2, 0.25) is 0 Å². The van der Waals surface area contributed by atoms with Crippen LogP contribution >= 0.6 is 0 Å². The Morgan fingerprint density at radius 2 is 1.73 bits per heavy atom. The van der Waals surface area contributed by atoms with E-state index in [9.17, 15) is 9.18 Å². The van der Waals surface area contributed by atoms with E-state index in [1.54, 1.807) is 30.3 Å². The Hall–Kier alpha value is -3.51. The Balaban J connectivity index is 2.04. The summed E-state index contributed by atoms with van der Waals surface area (Å²) in [5, 5.41) is 21.0. The van der Waals surface area contributed by atoms with Crippen molar-refractivity contribution >= 4 is 12.1 Å². The molecule has 0 atom stereocenters. The van der Waals surface area contributed by atoms with E-state index in [1.165, 1.54) is 18.3 Å². The van der Waals surface area contributed by atoms with Crippen molar-refractivity contribution in [1.29, 1.82) is 10.5 Å². The van der Waals surface area contributed by atoms with Crippen molar-refractivity contribution in [2.75, 3.05) is 0 Å². The molecule has 1 N–H and O–H groups in total. The number of hydrogen-bond acceptors (Lipinski definition) is 4. The van der Waals surface area contributed by atoms with Crippen LogP contribution in [-0.2, 0) is 0 Å². The summed E-state index contributed by atoms with van der Waals surface area (Å²) in [6.45, 7) is 0. The Kier molecular flexibility index (Phi) is 4.59. The minimum Gasteiger partial charge on any atom is -0.267 e. The van der Waals surface area contributed by atoms with Crippen LogP contribution in [-0.4, -0.2) is 12.1 Å². The first-order valence-electron chi connectivity index (χ1n) is 6.17. The topological polar surface area (TPSA) is 89.0 Å². The third kappa shape index (κ3) is 3.53. The maximum absolute atomic E-state index is 13.6. The predicted octanol–water partition coefficient (Wildman–Crippen LogP) is 2.33. The number of benzene rings is 2. The largest absolute Gasteiger partial charge is 0.274 e. The van der Waals surface area contributed by atoms with Crippen molar-refractivity contribution in [2.45, 2.75) is 0 Å². The molecule has 0 aliphatic carbocycles. The molecule has 0 saturated heterocycles. The lowest BCUT2D eigenvalue weighted by molar-refractivity contribution is 0.0951. The molecule has 1 amide bonds. The van der Waals surface area contributed by atoms with Gasteiger partial charge in [0, 0.05) is 0 Å². The minimum atomic E-state index is -0.787. The van der Waals surface area contributed by atoms with Gasteiger partial charge in [-0.15, -0.1) is 0 Å². The number of carbonyl (C=O) groups is 1. The standard InChI is InChI=1S/C16H9FN4O/c17-15-7-13(9-19)5-6-14(15)16(22)21-20-10-12-3-1-11(8-18)2-4-12/h1-7,10H,(H,21,22). The lowest BCUT2D eigenvalue weighted by Gasteiger charge is -2.01. The van der Waals surface area contributed by atoms with Crippen LogP contribution in [0.5, 0.6) is 0 Å². The monoisotopic (exact) mass is 292 g/mol. The second kappa shape index (κ2) is 6.78. The van der Waals surface area contributed by atoms with Crippen LogP contribution in [0.3, 0.4) is 0 Å². The van der Waals surface area contributed by atoms with Gasteiger partial charge in [0.25, 0.3) is 5.91 Å². The van der Waals surface area contributed by atoms with Crippen LogP contribution in [0, 0.1) is 28.5 Å². The number of hydrogen-bond donors (Lipinski definition) is 1. The molecule has 0 aliphatic heterocycles. The van der Waals surface area contributed by atoms with E-state index in [4.69, 9.17) is 10.5 Å². The molecular weight excluding hydrogens is 283 g/mol. The lowest BCUT2D eigenvalue weighted by atomic mass is 10.1. The molecule has 2 aromatic rings. The highest BCUT2D eigenvalue weighted by Crippen LogP contribution is 2.09. The lowest BCUT2D eigenvalue weighted by Crippen LogP contribution is -2.19. The predicted molar refractivity (Wildman–Crippen MR) is 77.3 cm³/mol. The van der Waals surface area contributed by atoms with E-state index in [1.807, 2.05) is 6.07 Å². The van der Waals surface area contributed by atoms with Crippen molar-refractivity contribution in [3.8, 4) is 12.1 Å². The second-order valence-corrected chi connectivity index (χ2v) is 4.24. The first kappa shape index (κ1) is 14.9. The van der Waals surface area contributed by atoms with Gasteiger partial charge in [-0.3, -0.25) is 4.79 Å². The summed E-state index contributed by atoms with van der Waals surface area (Å²) in [6.07, 6.45) is 1.38. The average molecular weight is 292 g/mol. The summed E-state index contributed by atoms with van der Waals surface area (Å²) in [5.74, 6) is -1.50. The molecule has 6 heteroatoms. The van der Waals surface area contributed by atoms with Gasteiger partial charge in [0.1, 0.15) is 5.82 Å². The Morgan fingerprint density at radius 1 is 1.09 bits per heavy atom. The number of nitrogens with one attached hydrogen (secondary N) is 1. The molecular formula is C16H9FN4O. The molecule has 0 unspecified atom stereocenters. The summed E-state index contributed by atoms with van der Waals surface area (Å²) in [4.78, 5) is 11.8. The maximum Gasteiger partial charge on any atom is 0.274 e. The van der Waals surface area contributed by atoms with Gasteiger partial charge in [0.2, 0.25) is 0 Å². The highest BCUT2D eigenvalue weighted by molar-refractivity contribution is 5.95. The van der Waals surface area contributed by atoms with Crippen LogP contribution in [0.25, 0.3) is 0 Å². The fraction of sp³-hybridized carbons (Fsp3) is 0. The van der Waals surface area contributed by atoms with Crippen LogP contribution in [0.1, 0.15) is 27.0 Å². The van der Waals surface area contributed by atoms with Gasteiger partial charge in [-0.2, -0.15) is 15.6 Å². The number of amides is 1. The van der Waals surface area contributed by atoms with Crippen LogP contribution < -0.4 is 5.43 Å². The van der Waals surface area contributed by atoms with Gasteiger partial charge in [-0.1, -0.05) is 12.1 Å². The quantitative estimate of drug-likeness (QED) is 0.695. The summed E-state index contributed by atoms with van der Waals surface area (Å²) < 4.78 is 13.6. The first-order valence-corrected chi connectivity index (χ1v) is 6.17. The number of nitrogens with zero attached hydrogens (tertiary/aromatic N) is 3. The van der Waals surface area contributed by atoms with E-state index in [0.717, 1.165) is 6.07 Å². The Morgan fingerprint density at radius 3 is 2.32 bits per heavy atom.